The SMILES string of the molecule is O=S(=O)(O)OCC([O-])=NC[C@@H]1NC[C@H](O)[C@H]1O.[Na+]. The monoisotopic (exact) mass is 292 g/mol. The van der Waals surface area contributed by atoms with Gasteiger partial charge in [0, 0.05) is 6.54 Å². The van der Waals surface area contributed by atoms with Crippen LogP contribution >= 0.6 is 0 Å². The number of aliphatic hydroxyl groups excluding tert-OH is 2. The van der Waals surface area contributed by atoms with E-state index in [1.807, 2.05) is 0 Å². The van der Waals surface area contributed by atoms with Crippen molar-refractivity contribution in [3.05, 3.63) is 0 Å². The van der Waals surface area contributed by atoms with Crippen LogP contribution in [0.4, 0.5) is 0 Å². The number of aliphatic hydroxyl groups is 2. The van der Waals surface area contributed by atoms with Crippen molar-refractivity contribution in [2.24, 2.45) is 4.99 Å². The first-order valence-electron chi connectivity index (χ1n) is 4.71. The van der Waals surface area contributed by atoms with E-state index in [-0.39, 0.29) is 42.6 Å². The molecule has 0 unspecified atom stereocenters. The zero-order chi connectivity index (χ0) is 13.1. The predicted octanol–water partition coefficient (Wildman–Crippen LogP) is -6.74. The third kappa shape index (κ3) is 6.41. The van der Waals surface area contributed by atoms with Crippen molar-refractivity contribution >= 4 is 16.3 Å². The minimum Gasteiger partial charge on any atom is -0.860 e. The second-order valence-corrected chi connectivity index (χ2v) is 4.59. The topological polar surface area (TPSA) is 152 Å². The van der Waals surface area contributed by atoms with Gasteiger partial charge in [0.15, 0.2) is 0 Å². The second-order valence-electron chi connectivity index (χ2n) is 3.50. The van der Waals surface area contributed by atoms with Gasteiger partial charge in [-0.25, -0.2) is 4.18 Å². The van der Waals surface area contributed by atoms with E-state index < -0.39 is 41.2 Å². The van der Waals surface area contributed by atoms with E-state index in [0.717, 1.165) is 0 Å². The average molecular weight is 292 g/mol. The van der Waals surface area contributed by atoms with Crippen LogP contribution in [-0.4, -0.2) is 67.0 Å². The Morgan fingerprint density at radius 3 is 2.56 bits per heavy atom. The number of hydrogen-bond acceptors (Lipinski definition) is 8. The first-order valence-corrected chi connectivity index (χ1v) is 6.08. The largest absolute Gasteiger partial charge is 1.00 e. The maximum atomic E-state index is 11.0. The Bertz CT molecular complexity index is 387. The van der Waals surface area contributed by atoms with E-state index in [9.17, 15) is 18.6 Å². The van der Waals surface area contributed by atoms with Crippen molar-refractivity contribution < 1.29 is 62.0 Å². The predicted molar refractivity (Wildman–Crippen MR) is 53.6 cm³/mol. The number of hydrogen-bond donors (Lipinski definition) is 4. The number of nitrogens with zero attached hydrogens (tertiary/aromatic N) is 1. The standard InChI is InChI=1S/C7H14N2O7S.Na/c10-5-2-8-4(7(5)12)1-9-6(11)3-16-17(13,14)15;/h4-5,7-8,10,12H,1-3H2,(H,9,11)(H,13,14,15);/q;+1/p-1/t4-,5-,7-;/m0./s1. The van der Waals surface area contributed by atoms with Gasteiger partial charge >= 0.3 is 40.0 Å². The Labute approximate surface area is 126 Å². The fourth-order valence-corrected chi connectivity index (χ4v) is 1.57. The molecule has 0 amide bonds. The summed E-state index contributed by atoms with van der Waals surface area (Å²) in [5.41, 5.74) is 0. The van der Waals surface area contributed by atoms with Gasteiger partial charge in [-0.2, -0.15) is 8.42 Å². The molecule has 1 aliphatic rings. The van der Waals surface area contributed by atoms with Crippen molar-refractivity contribution in [2.45, 2.75) is 18.2 Å². The summed E-state index contributed by atoms with van der Waals surface area (Å²) in [6.45, 7) is -0.826. The van der Waals surface area contributed by atoms with Crippen LogP contribution in [0.1, 0.15) is 0 Å². The van der Waals surface area contributed by atoms with Crippen LogP contribution in [0.5, 0.6) is 0 Å². The minimum absolute atomic E-state index is 0. The Kier molecular flexibility index (Phi) is 7.82. The van der Waals surface area contributed by atoms with Gasteiger partial charge in [0.1, 0.15) is 0 Å². The molecule has 0 aromatic rings. The summed E-state index contributed by atoms with van der Waals surface area (Å²) in [5, 5.41) is 32.3. The van der Waals surface area contributed by atoms with E-state index in [4.69, 9.17) is 9.66 Å². The van der Waals surface area contributed by atoms with Crippen molar-refractivity contribution in [1.82, 2.24) is 5.32 Å². The van der Waals surface area contributed by atoms with E-state index in [0.29, 0.717) is 0 Å². The molecular formula is C7H13N2NaO7S. The molecule has 18 heavy (non-hydrogen) atoms. The van der Waals surface area contributed by atoms with Gasteiger partial charge in [-0.05, 0) is 5.90 Å². The molecular weight excluding hydrogens is 279 g/mol. The molecule has 0 aromatic heterocycles. The van der Waals surface area contributed by atoms with Crippen LogP contribution in [-0.2, 0) is 14.6 Å². The Hall–Kier alpha value is 0.220. The molecule has 1 heterocycles. The van der Waals surface area contributed by atoms with Crippen molar-refractivity contribution in [1.29, 1.82) is 0 Å². The average Bonchev–Trinajstić information content (AvgIpc) is 2.53. The molecule has 0 bridgehead atoms. The zero-order valence-electron chi connectivity index (χ0n) is 9.68. The third-order valence-corrected chi connectivity index (χ3v) is 2.61. The van der Waals surface area contributed by atoms with Crippen LogP contribution in [0.2, 0.25) is 0 Å². The second kappa shape index (κ2) is 7.72. The van der Waals surface area contributed by atoms with Gasteiger partial charge in [-0.3, -0.25) is 4.55 Å². The summed E-state index contributed by atoms with van der Waals surface area (Å²) in [4.78, 5) is 3.42. The molecule has 11 heteroatoms. The quantitative estimate of drug-likeness (QED) is 0.169. The molecule has 0 aromatic carbocycles. The fourth-order valence-electron chi connectivity index (χ4n) is 1.33. The zero-order valence-corrected chi connectivity index (χ0v) is 12.5. The Morgan fingerprint density at radius 1 is 1.50 bits per heavy atom. The maximum absolute atomic E-state index is 11.0. The Balaban J connectivity index is 0.00000289. The van der Waals surface area contributed by atoms with Gasteiger partial charge in [0.25, 0.3) is 0 Å². The Morgan fingerprint density at radius 2 is 2.11 bits per heavy atom. The first-order chi connectivity index (χ1) is 7.79. The summed E-state index contributed by atoms with van der Waals surface area (Å²) in [6, 6.07) is -0.570. The normalized spacial score (nSPS) is 29.1. The first kappa shape index (κ1) is 18.2. The summed E-state index contributed by atoms with van der Waals surface area (Å²) in [7, 11) is -4.66. The van der Waals surface area contributed by atoms with Gasteiger partial charge in [-0.1, -0.05) is 0 Å². The van der Waals surface area contributed by atoms with E-state index in [2.05, 4.69) is 14.5 Å². The molecule has 1 fully saturated rings. The molecule has 1 saturated heterocycles. The fraction of sp³-hybridized carbons (Fsp3) is 0.857. The summed E-state index contributed by atoms with van der Waals surface area (Å²) in [5.74, 6) is -0.891. The van der Waals surface area contributed by atoms with Crippen LogP contribution < -0.4 is 40.0 Å². The van der Waals surface area contributed by atoms with E-state index >= 15 is 0 Å². The molecule has 0 saturated carbocycles. The van der Waals surface area contributed by atoms with Gasteiger partial charge in [-0.15, -0.1) is 0 Å². The van der Waals surface area contributed by atoms with Crippen LogP contribution in [0.15, 0.2) is 4.99 Å². The van der Waals surface area contributed by atoms with E-state index in [1.54, 1.807) is 0 Å². The number of aliphatic imine (C=N–C) groups is 1. The number of β-amino-alcohol motifs (C(OH)–C–C–N with tert-alkyl or cyclic N) is 1. The summed E-state index contributed by atoms with van der Waals surface area (Å²) >= 11 is 0. The van der Waals surface area contributed by atoms with Gasteiger partial charge < -0.3 is 25.6 Å². The number of rotatable bonds is 5. The summed E-state index contributed by atoms with van der Waals surface area (Å²) < 4.78 is 32.3. The van der Waals surface area contributed by atoms with Crippen molar-refractivity contribution in [3.63, 3.8) is 0 Å². The van der Waals surface area contributed by atoms with Crippen LogP contribution in [0.25, 0.3) is 0 Å². The maximum Gasteiger partial charge on any atom is 1.00 e. The molecule has 3 atom stereocenters. The van der Waals surface area contributed by atoms with Crippen LogP contribution in [0, 0.1) is 0 Å². The third-order valence-electron chi connectivity index (χ3n) is 2.19. The molecule has 0 radical (unpaired) electrons. The molecule has 0 spiro atoms. The van der Waals surface area contributed by atoms with Crippen molar-refractivity contribution in [2.75, 3.05) is 19.7 Å². The molecule has 0 aliphatic carbocycles. The molecule has 1 aliphatic heterocycles. The van der Waals surface area contributed by atoms with Gasteiger partial charge in [0.05, 0.1) is 31.4 Å². The molecule has 100 valence electrons. The van der Waals surface area contributed by atoms with E-state index in [1.165, 1.54) is 0 Å². The van der Waals surface area contributed by atoms with Crippen molar-refractivity contribution in [3.8, 4) is 0 Å². The molecule has 9 nitrogen and oxygen atoms in total. The number of nitrogens with one attached hydrogen (secondary N) is 1. The summed E-state index contributed by atoms with van der Waals surface area (Å²) in [6.07, 6.45) is -1.95. The smallest absolute Gasteiger partial charge is 0.860 e. The minimum atomic E-state index is -4.66. The molecule has 1 rings (SSSR count). The van der Waals surface area contributed by atoms with Gasteiger partial charge in [0.2, 0.25) is 0 Å². The molecule has 4 N–H and O–H groups in total. The van der Waals surface area contributed by atoms with Crippen LogP contribution in [0.3, 0.4) is 0 Å².